The first-order chi connectivity index (χ1) is 15.9. The van der Waals surface area contributed by atoms with Crippen molar-refractivity contribution in [3.63, 3.8) is 0 Å². The van der Waals surface area contributed by atoms with Gasteiger partial charge in [0.25, 0.3) is 0 Å². The highest BCUT2D eigenvalue weighted by Gasteiger charge is 2.32. The summed E-state index contributed by atoms with van der Waals surface area (Å²) in [4.78, 5) is 23.5. The zero-order valence-corrected chi connectivity index (χ0v) is 18.8. The van der Waals surface area contributed by atoms with E-state index in [1.807, 2.05) is 17.0 Å². The van der Waals surface area contributed by atoms with Crippen molar-refractivity contribution >= 4 is 35.5 Å². The lowest BCUT2D eigenvalue weighted by atomic mass is 9.97. The fraction of sp³-hybridized carbons (Fsp3) is 0.269. The topological polar surface area (TPSA) is 88.2 Å². The standard InChI is InChI=1S/C26H25N3O4/c1-15(2)32-26(31)22-23(30)21(12-18-13-28-24-20(18)5-4-9-27-24)33-25(22)29-10-8-17-7-6-16(3)11-19(17)14-29/h4-7,9,11-13,15,30H,8,10,14H2,1-3H3. The molecule has 4 heterocycles. The molecular weight excluding hydrogens is 418 g/mol. The molecule has 33 heavy (non-hydrogen) atoms. The van der Waals surface area contributed by atoms with Crippen LogP contribution >= 0.6 is 0 Å². The van der Waals surface area contributed by atoms with Crippen molar-refractivity contribution in [1.82, 2.24) is 4.98 Å². The summed E-state index contributed by atoms with van der Waals surface area (Å²) in [6.07, 6.45) is 5.52. The van der Waals surface area contributed by atoms with Crippen molar-refractivity contribution in [2.24, 2.45) is 4.99 Å². The Balaban J connectivity index is 1.57. The number of carbonyl (C=O) groups is 1. The molecule has 0 unspecified atom stereocenters. The van der Waals surface area contributed by atoms with E-state index >= 15 is 0 Å². The molecule has 0 aliphatic carbocycles. The van der Waals surface area contributed by atoms with Gasteiger partial charge in [0.1, 0.15) is 0 Å². The zero-order chi connectivity index (χ0) is 23.1. The summed E-state index contributed by atoms with van der Waals surface area (Å²) in [5.41, 5.74) is 5.28. The van der Waals surface area contributed by atoms with E-state index in [1.54, 1.807) is 32.3 Å². The Bertz CT molecular complexity index is 1300. The van der Waals surface area contributed by atoms with Crippen LogP contribution in [-0.2, 0) is 17.7 Å². The Morgan fingerprint density at radius 3 is 2.94 bits per heavy atom. The zero-order valence-electron chi connectivity index (χ0n) is 18.8. The molecule has 2 aromatic heterocycles. The lowest BCUT2D eigenvalue weighted by molar-refractivity contribution is 0.0375. The molecule has 7 heteroatoms. The molecule has 7 nitrogen and oxygen atoms in total. The molecule has 0 radical (unpaired) electrons. The summed E-state index contributed by atoms with van der Waals surface area (Å²) in [5, 5.41) is 11.0. The molecule has 1 aromatic carbocycles. The van der Waals surface area contributed by atoms with Crippen LogP contribution in [0.1, 0.15) is 52.2 Å². The van der Waals surface area contributed by atoms with Crippen LogP contribution in [-0.4, -0.2) is 34.9 Å². The van der Waals surface area contributed by atoms with Crippen LogP contribution in [0.4, 0.5) is 11.7 Å². The SMILES string of the molecule is Cc1ccc2c(c1)CN(c1oc(C=C3C=Nc4ncccc43)c(O)c1C(=O)OC(C)C)CC2. The number of pyridine rings is 1. The molecule has 5 rings (SSSR count). The summed E-state index contributed by atoms with van der Waals surface area (Å²) in [6, 6.07) is 10.1. The molecule has 2 aliphatic rings. The molecular formula is C26H25N3O4. The first-order valence-corrected chi connectivity index (χ1v) is 11.0. The lowest BCUT2D eigenvalue weighted by Gasteiger charge is -2.29. The summed E-state index contributed by atoms with van der Waals surface area (Å²) >= 11 is 0. The van der Waals surface area contributed by atoms with Gasteiger partial charge in [-0.2, -0.15) is 0 Å². The van der Waals surface area contributed by atoms with Crippen molar-refractivity contribution in [3.05, 3.63) is 70.1 Å². The van der Waals surface area contributed by atoms with Gasteiger partial charge in [-0.3, -0.25) is 0 Å². The maximum atomic E-state index is 13.0. The summed E-state index contributed by atoms with van der Waals surface area (Å²) in [5.74, 6) is 0.275. The number of esters is 1. The molecule has 0 bridgehead atoms. The smallest absolute Gasteiger partial charge is 0.347 e. The molecule has 168 valence electrons. The number of fused-ring (bicyclic) bond motifs is 2. The molecule has 2 aliphatic heterocycles. The number of benzene rings is 1. The van der Waals surface area contributed by atoms with Crippen LogP contribution in [0.2, 0.25) is 0 Å². The highest BCUT2D eigenvalue weighted by atomic mass is 16.5. The summed E-state index contributed by atoms with van der Waals surface area (Å²) in [6.45, 7) is 6.85. The van der Waals surface area contributed by atoms with Crippen molar-refractivity contribution in [2.45, 2.75) is 39.8 Å². The second-order valence-electron chi connectivity index (χ2n) is 8.63. The van der Waals surface area contributed by atoms with Gasteiger partial charge in [0, 0.05) is 36.6 Å². The van der Waals surface area contributed by atoms with Crippen LogP contribution < -0.4 is 4.90 Å². The van der Waals surface area contributed by atoms with Gasteiger partial charge in [0.2, 0.25) is 5.88 Å². The van der Waals surface area contributed by atoms with E-state index in [0.717, 1.165) is 17.6 Å². The number of aromatic hydroxyl groups is 1. The molecule has 1 N–H and O–H groups in total. The average Bonchev–Trinajstić information content (AvgIpc) is 3.34. The van der Waals surface area contributed by atoms with Gasteiger partial charge >= 0.3 is 5.97 Å². The van der Waals surface area contributed by atoms with Crippen molar-refractivity contribution in [1.29, 1.82) is 0 Å². The van der Waals surface area contributed by atoms with E-state index in [1.165, 1.54) is 16.7 Å². The van der Waals surface area contributed by atoms with Crippen molar-refractivity contribution in [2.75, 3.05) is 11.4 Å². The predicted molar refractivity (Wildman–Crippen MR) is 127 cm³/mol. The monoisotopic (exact) mass is 443 g/mol. The third-order valence-corrected chi connectivity index (χ3v) is 5.81. The minimum Gasteiger partial charge on any atom is -0.504 e. The highest BCUT2D eigenvalue weighted by Crippen LogP contribution is 2.41. The van der Waals surface area contributed by atoms with Crippen LogP contribution in [0.25, 0.3) is 11.6 Å². The first-order valence-electron chi connectivity index (χ1n) is 11.0. The van der Waals surface area contributed by atoms with Gasteiger partial charge in [-0.25, -0.2) is 14.8 Å². The van der Waals surface area contributed by atoms with Crippen molar-refractivity contribution < 1.29 is 19.1 Å². The number of hydrogen-bond acceptors (Lipinski definition) is 7. The number of aryl methyl sites for hydroxylation is 1. The highest BCUT2D eigenvalue weighted by molar-refractivity contribution is 6.21. The number of allylic oxidation sites excluding steroid dienone is 1. The number of aromatic nitrogens is 1. The van der Waals surface area contributed by atoms with E-state index in [9.17, 15) is 9.90 Å². The molecule has 0 saturated heterocycles. The third-order valence-electron chi connectivity index (χ3n) is 5.81. The normalized spacial score (nSPS) is 15.8. The Kier molecular flexibility index (Phi) is 5.24. The lowest BCUT2D eigenvalue weighted by Crippen LogP contribution is -2.31. The number of anilines is 1. The Labute approximate surface area is 192 Å². The van der Waals surface area contributed by atoms with Crippen molar-refractivity contribution in [3.8, 4) is 5.75 Å². The fourth-order valence-corrected chi connectivity index (χ4v) is 4.25. The third kappa shape index (κ3) is 3.91. The van der Waals surface area contributed by atoms with Crippen LogP contribution in [0, 0.1) is 6.92 Å². The number of rotatable bonds is 4. The Morgan fingerprint density at radius 1 is 1.27 bits per heavy atom. The number of aliphatic imine (C=N–C) groups is 1. The summed E-state index contributed by atoms with van der Waals surface area (Å²) < 4.78 is 11.6. The molecule has 0 spiro atoms. The van der Waals surface area contributed by atoms with Gasteiger partial charge in [-0.1, -0.05) is 23.8 Å². The van der Waals surface area contributed by atoms with E-state index in [4.69, 9.17) is 9.15 Å². The molecule has 0 fully saturated rings. The van der Waals surface area contributed by atoms with Gasteiger partial charge in [-0.05, 0) is 56.5 Å². The number of carbonyl (C=O) groups excluding carboxylic acids is 1. The predicted octanol–water partition coefficient (Wildman–Crippen LogP) is 5.07. The Hall–Kier alpha value is -3.87. The van der Waals surface area contributed by atoms with E-state index in [2.05, 4.69) is 35.1 Å². The summed E-state index contributed by atoms with van der Waals surface area (Å²) in [7, 11) is 0. The number of nitrogens with zero attached hydrogens (tertiary/aromatic N) is 3. The average molecular weight is 444 g/mol. The maximum Gasteiger partial charge on any atom is 0.347 e. The minimum absolute atomic E-state index is 0.0491. The van der Waals surface area contributed by atoms with Crippen LogP contribution in [0.15, 0.2) is 45.9 Å². The molecule has 3 aromatic rings. The second-order valence-corrected chi connectivity index (χ2v) is 8.63. The quantitative estimate of drug-likeness (QED) is 0.566. The van der Waals surface area contributed by atoms with Gasteiger partial charge in [0.05, 0.1) is 6.10 Å². The largest absolute Gasteiger partial charge is 0.504 e. The van der Waals surface area contributed by atoms with Gasteiger partial charge < -0.3 is 19.2 Å². The molecule has 0 saturated carbocycles. The van der Waals surface area contributed by atoms with Crippen LogP contribution in [0.3, 0.4) is 0 Å². The molecule has 0 amide bonds. The van der Waals surface area contributed by atoms with Gasteiger partial charge in [0.15, 0.2) is 22.9 Å². The minimum atomic E-state index is -0.608. The van der Waals surface area contributed by atoms with E-state index in [0.29, 0.717) is 24.8 Å². The van der Waals surface area contributed by atoms with Gasteiger partial charge in [-0.15, -0.1) is 0 Å². The number of hydrogen-bond donors (Lipinski definition) is 1. The second kappa shape index (κ2) is 8.24. The number of furan rings is 1. The Morgan fingerprint density at radius 2 is 2.12 bits per heavy atom. The fourth-order valence-electron chi connectivity index (χ4n) is 4.25. The maximum absolute atomic E-state index is 13.0. The molecule has 0 atom stereocenters. The van der Waals surface area contributed by atoms with Crippen LogP contribution in [0.5, 0.6) is 5.75 Å². The first kappa shape index (κ1) is 21.0. The van der Waals surface area contributed by atoms with E-state index in [-0.39, 0.29) is 23.2 Å². The van der Waals surface area contributed by atoms with E-state index < -0.39 is 5.97 Å². The number of ether oxygens (including phenoxy) is 1.